The van der Waals surface area contributed by atoms with E-state index in [9.17, 15) is 4.79 Å². The molecule has 0 spiro atoms. The van der Waals surface area contributed by atoms with Crippen molar-refractivity contribution in [2.24, 2.45) is 0 Å². The van der Waals surface area contributed by atoms with E-state index >= 15 is 0 Å². The summed E-state index contributed by atoms with van der Waals surface area (Å²) >= 11 is 0. The molecule has 4 aromatic rings. The number of tetrazole rings is 1. The topological polar surface area (TPSA) is 72.7 Å². The van der Waals surface area contributed by atoms with E-state index < -0.39 is 0 Å². The molecule has 0 unspecified atom stereocenters. The molecule has 1 amide bonds. The lowest BCUT2D eigenvalue weighted by atomic mass is 9.88. The SMILES string of the molecule is Cc1cc(C(=O)NCCC(c2ccccc2)c2ccccc2)ccc1-n1cnnn1. The molecule has 6 nitrogen and oxygen atoms in total. The van der Waals surface area contributed by atoms with Crippen LogP contribution in [-0.2, 0) is 0 Å². The number of hydrogen-bond donors (Lipinski definition) is 1. The lowest BCUT2D eigenvalue weighted by molar-refractivity contribution is 0.0952. The van der Waals surface area contributed by atoms with Gasteiger partial charge in [-0.3, -0.25) is 4.79 Å². The fourth-order valence-electron chi connectivity index (χ4n) is 3.65. The third-order valence-corrected chi connectivity index (χ3v) is 5.18. The summed E-state index contributed by atoms with van der Waals surface area (Å²) in [5.74, 6) is 0.151. The first-order valence-corrected chi connectivity index (χ1v) is 9.94. The highest BCUT2D eigenvalue weighted by molar-refractivity contribution is 5.94. The zero-order valence-corrected chi connectivity index (χ0v) is 16.8. The fraction of sp³-hybridized carbons (Fsp3) is 0.167. The number of hydrogen-bond acceptors (Lipinski definition) is 4. The van der Waals surface area contributed by atoms with Crippen molar-refractivity contribution < 1.29 is 4.79 Å². The van der Waals surface area contributed by atoms with Crippen LogP contribution in [0.2, 0.25) is 0 Å². The zero-order chi connectivity index (χ0) is 20.8. The summed E-state index contributed by atoms with van der Waals surface area (Å²) in [7, 11) is 0. The third-order valence-electron chi connectivity index (χ3n) is 5.18. The summed E-state index contributed by atoms with van der Waals surface area (Å²) in [4.78, 5) is 12.7. The molecule has 0 saturated heterocycles. The molecule has 150 valence electrons. The van der Waals surface area contributed by atoms with Crippen molar-refractivity contribution in [2.75, 3.05) is 6.54 Å². The molecule has 0 aliphatic heterocycles. The van der Waals surface area contributed by atoms with Crippen LogP contribution in [0.4, 0.5) is 0 Å². The van der Waals surface area contributed by atoms with Crippen LogP contribution in [-0.4, -0.2) is 32.7 Å². The Bertz CT molecular complexity index is 1060. The Hall–Kier alpha value is -3.80. The van der Waals surface area contributed by atoms with Crippen molar-refractivity contribution in [1.29, 1.82) is 0 Å². The molecule has 0 saturated carbocycles. The van der Waals surface area contributed by atoms with Gasteiger partial charge in [0.2, 0.25) is 0 Å². The fourth-order valence-corrected chi connectivity index (χ4v) is 3.65. The smallest absolute Gasteiger partial charge is 0.251 e. The summed E-state index contributed by atoms with van der Waals surface area (Å²) in [6.07, 6.45) is 2.36. The number of carbonyl (C=O) groups is 1. The number of benzene rings is 3. The molecular weight excluding hydrogens is 374 g/mol. The van der Waals surface area contributed by atoms with E-state index in [1.165, 1.54) is 17.5 Å². The van der Waals surface area contributed by atoms with E-state index in [1.807, 2.05) is 31.2 Å². The van der Waals surface area contributed by atoms with Gasteiger partial charge in [-0.2, -0.15) is 0 Å². The van der Waals surface area contributed by atoms with Crippen molar-refractivity contribution in [3.8, 4) is 5.69 Å². The number of carbonyl (C=O) groups excluding carboxylic acids is 1. The zero-order valence-electron chi connectivity index (χ0n) is 16.8. The Kier molecular flexibility index (Phi) is 5.94. The van der Waals surface area contributed by atoms with Crippen molar-refractivity contribution in [1.82, 2.24) is 25.5 Å². The summed E-state index contributed by atoms with van der Waals surface area (Å²) in [5.41, 5.74) is 4.91. The average Bonchev–Trinajstić information content (AvgIpc) is 3.32. The second-order valence-electron chi connectivity index (χ2n) is 7.17. The summed E-state index contributed by atoms with van der Waals surface area (Å²) in [5, 5.41) is 14.3. The van der Waals surface area contributed by atoms with Gasteiger partial charge in [-0.05, 0) is 58.7 Å². The summed E-state index contributed by atoms with van der Waals surface area (Å²) in [6, 6.07) is 26.3. The Labute approximate surface area is 175 Å². The van der Waals surface area contributed by atoms with Gasteiger partial charge in [0.1, 0.15) is 6.33 Å². The van der Waals surface area contributed by atoms with Gasteiger partial charge >= 0.3 is 0 Å². The maximum absolute atomic E-state index is 12.7. The van der Waals surface area contributed by atoms with Gasteiger partial charge in [0.15, 0.2) is 0 Å². The molecule has 6 heteroatoms. The van der Waals surface area contributed by atoms with E-state index in [4.69, 9.17) is 0 Å². The first-order valence-electron chi connectivity index (χ1n) is 9.94. The molecule has 0 aliphatic rings. The lowest BCUT2D eigenvalue weighted by Crippen LogP contribution is -2.26. The predicted molar refractivity (Wildman–Crippen MR) is 116 cm³/mol. The van der Waals surface area contributed by atoms with Gasteiger partial charge in [0.25, 0.3) is 5.91 Å². The maximum Gasteiger partial charge on any atom is 0.251 e. The molecule has 1 N–H and O–H groups in total. The molecule has 0 bridgehead atoms. The summed E-state index contributed by atoms with van der Waals surface area (Å²) in [6.45, 7) is 2.52. The van der Waals surface area contributed by atoms with E-state index in [1.54, 1.807) is 10.7 Å². The van der Waals surface area contributed by atoms with Crippen LogP contribution in [0.5, 0.6) is 0 Å². The van der Waals surface area contributed by atoms with Gasteiger partial charge in [-0.25, -0.2) is 4.68 Å². The normalized spacial score (nSPS) is 10.9. The van der Waals surface area contributed by atoms with Crippen molar-refractivity contribution >= 4 is 5.91 Å². The molecule has 4 rings (SSSR count). The van der Waals surface area contributed by atoms with E-state index in [2.05, 4.69) is 69.4 Å². The average molecular weight is 397 g/mol. The van der Waals surface area contributed by atoms with E-state index in [0.29, 0.717) is 12.1 Å². The lowest BCUT2D eigenvalue weighted by Gasteiger charge is -2.18. The van der Waals surface area contributed by atoms with Crippen LogP contribution in [0.3, 0.4) is 0 Å². The van der Waals surface area contributed by atoms with Crippen LogP contribution in [0.25, 0.3) is 5.69 Å². The number of nitrogens with zero attached hydrogens (tertiary/aromatic N) is 4. The van der Waals surface area contributed by atoms with E-state index in [0.717, 1.165) is 17.7 Å². The molecular formula is C24H23N5O. The first-order chi connectivity index (χ1) is 14.7. The molecule has 3 aromatic carbocycles. The first kappa shape index (κ1) is 19.5. The van der Waals surface area contributed by atoms with E-state index in [-0.39, 0.29) is 11.8 Å². The summed E-state index contributed by atoms with van der Waals surface area (Å²) < 4.78 is 1.58. The molecule has 1 aromatic heterocycles. The molecule has 0 radical (unpaired) electrons. The minimum atomic E-state index is -0.0822. The number of aromatic nitrogens is 4. The van der Waals surface area contributed by atoms with Crippen molar-refractivity contribution in [2.45, 2.75) is 19.3 Å². The van der Waals surface area contributed by atoms with Crippen LogP contribution in [0.1, 0.15) is 39.4 Å². The predicted octanol–water partition coefficient (Wildman–Crippen LogP) is 3.92. The largest absolute Gasteiger partial charge is 0.352 e. The molecule has 30 heavy (non-hydrogen) atoms. The highest BCUT2D eigenvalue weighted by Crippen LogP contribution is 2.27. The van der Waals surface area contributed by atoms with Crippen LogP contribution >= 0.6 is 0 Å². The Balaban J connectivity index is 1.43. The maximum atomic E-state index is 12.7. The van der Waals surface area contributed by atoms with Gasteiger partial charge < -0.3 is 5.32 Å². The van der Waals surface area contributed by atoms with Gasteiger partial charge in [0, 0.05) is 18.0 Å². The second kappa shape index (κ2) is 9.13. The van der Waals surface area contributed by atoms with Crippen LogP contribution in [0.15, 0.2) is 85.2 Å². The molecule has 0 atom stereocenters. The number of amides is 1. The van der Waals surface area contributed by atoms with Gasteiger partial charge in [-0.1, -0.05) is 60.7 Å². The highest BCUT2D eigenvalue weighted by Gasteiger charge is 2.15. The molecule has 0 fully saturated rings. The van der Waals surface area contributed by atoms with Crippen molar-refractivity contribution in [3.63, 3.8) is 0 Å². The number of rotatable bonds is 7. The Morgan fingerprint density at radius 2 is 1.63 bits per heavy atom. The van der Waals surface area contributed by atoms with Crippen molar-refractivity contribution in [3.05, 3.63) is 107 Å². The number of aryl methyl sites for hydroxylation is 1. The minimum Gasteiger partial charge on any atom is -0.352 e. The molecule has 0 aliphatic carbocycles. The standard InChI is InChI=1S/C24H23N5O/c1-18-16-21(12-13-23(18)29-17-26-27-28-29)24(30)25-15-14-22(19-8-4-2-5-9-19)20-10-6-3-7-11-20/h2-13,16-17,22H,14-15H2,1H3,(H,25,30). The molecule has 1 heterocycles. The quantitative estimate of drug-likeness (QED) is 0.513. The second-order valence-corrected chi connectivity index (χ2v) is 7.17. The minimum absolute atomic E-state index is 0.0822. The third kappa shape index (κ3) is 4.43. The monoisotopic (exact) mass is 397 g/mol. The van der Waals surface area contributed by atoms with Crippen LogP contribution < -0.4 is 5.32 Å². The number of nitrogens with one attached hydrogen (secondary N) is 1. The highest BCUT2D eigenvalue weighted by atomic mass is 16.1. The van der Waals surface area contributed by atoms with Gasteiger partial charge in [-0.15, -0.1) is 5.10 Å². The Morgan fingerprint density at radius 3 is 2.20 bits per heavy atom. The Morgan fingerprint density at radius 1 is 0.967 bits per heavy atom. The van der Waals surface area contributed by atoms with Gasteiger partial charge in [0.05, 0.1) is 5.69 Å². The van der Waals surface area contributed by atoms with Crippen LogP contribution in [0, 0.1) is 6.92 Å².